The van der Waals surface area contributed by atoms with E-state index < -0.39 is 0 Å². The van der Waals surface area contributed by atoms with Gasteiger partial charge in [0.05, 0.1) is 19.1 Å². The van der Waals surface area contributed by atoms with E-state index in [1.54, 1.807) is 0 Å². The van der Waals surface area contributed by atoms with Crippen molar-refractivity contribution < 1.29 is 14.6 Å². The third-order valence-electron chi connectivity index (χ3n) is 4.73. The fourth-order valence-electron chi connectivity index (χ4n) is 3.74. The van der Waals surface area contributed by atoms with Crippen LogP contribution < -0.4 is 0 Å². The van der Waals surface area contributed by atoms with Gasteiger partial charge in [0, 0.05) is 18.6 Å². The van der Waals surface area contributed by atoms with Crippen molar-refractivity contribution in [3.63, 3.8) is 0 Å². The van der Waals surface area contributed by atoms with E-state index in [-0.39, 0.29) is 30.1 Å². The number of aliphatic hydroxyl groups excluding tert-OH is 1. The number of fused-ring (bicyclic) bond motifs is 2. The van der Waals surface area contributed by atoms with E-state index in [9.17, 15) is 9.90 Å². The summed E-state index contributed by atoms with van der Waals surface area (Å²) in [5.41, 5.74) is 1.22. The highest BCUT2D eigenvalue weighted by molar-refractivity contribution is 5.73. The summed E-state index contributed by atoms with van der Waals surface area (Å²) in [5, 5.41) is 10.2. The monoisotopic (exact) mass is 275 g/mol. The number of carbonyl (C=O) groups is 1. The molecule has 1 N–H and O–H groups in total. The Morgan fingerprint density at radius 1 is 1.30 bits per heavy atom. The van der Waals surface area contributed by atoms with Crippen LogP contribution in [-0.2, 0) is 16.1 Å². The predicted octanol–water partition coefficient (Wildman–Crippen LogP) is 1.57. The maximum Gasteiger partial charge on any atom is 0.310 e. The summed E-state index contributed by atoms with van der Waals surface area (Å²) < 4.78 is 4.93. The van der Waals surface area contributed by atoms with Crippen molar-refractivity contribution in [3.05, 3.63) is 35.9 Å². The van der Waals surface area contributed by atoms with Crippen LogP contribution >= 0.6 is 0 Å². The third kappa shape index (κ3) is 2.34. The number of aliphatic hydroxyl groups is 1. The van der Waals surface area contributed by atoms with Crippen molar-refractivity contribution in [2.75, 3.05) is 7.11 Å². The number of benzene rings is 1. The zero-order chi connectivity index (χ0) is 14.1. The van der Waals surface area contributed by atoms with Crippen molar-refractivity contribution in [1.29, 1.82) is 0 Å². The first kappa shape index (κ1) is 13.6. The number of piperidine rings is 1. The highest BCUT2D eigenvalue weighted by Crippen LogP contribution is 2.41. The fraction of sp³-hybridized carbons (Fsp3) is 0.562. The van der Waals surface area contributed by atoms with Crippen LogP contribution in [0.15, 0.2) is 30.3 Å². The third-order valence-corrected chi connectivity index (χ3v) is 4.73. The summed E-state index contributed by atoms with van der Waals surface area (Å²) in [6, 6.07) is 10.5. The average molecular weight is 275 g/mol. The van der Waals surface area contributed by atoms with Gasteiger partial charge in [0.2, 0.25) is 0 Å². The molecule has 108 valence electrons. The van der Waals surface area contributed by atoms with E-state index in [1.807, 2.05) is 18.2 Å². The number of hydrogen-bond acceptors (Lipinski definition) is 4. The van der Waals surface area contributed by atoms with Gasteiger partial charge in [0.15, 0.2) is 0 Å². The minimum atomic E-state index is -0.329. The van der Waals surface area contributed by atoms with Crippen LogP contribution in [-0.4, -0.2) is 41.3 Å². The Hall–Kier alpha value is -1.39. The molecule has 1 aromatic carbocycles. The number of carbonyl (C=O) groups excluding carboxylic acids is 1. The van der Waals surface area contributed by atoms with E-state index in [0.717, 1.165) is 19.4 Å². The average Bonchev–Trinajstić information content (AvgIpc) is 2.73. The number of rotatable bonds is 3. The molecule has 0 spiro atoms. The van der Waals surface area contributed by atoms with Crippen molar-refractivity contribution in [3.8, 4) is 0 Å². The van der Waals surface area contributed by atoms with Gasteiger partial charge < -0.3 is 9.84 Å². The first-order valence-electron chi connectivity index (χ1n) is 7.26. The van der Waals surface area contributed by atoms with E-state index >= 15 is 0 Å². The van der Waals surface area contributed by atoms with Gasteiger partial charge in [-0.2, -0.15) is 0 Å². The van der Waals surface area contributed by atoms with Gasteiger partial charge in [-0.1, -0.05) is 30.3 Å². The van der Waals surface area contributed by atoms with Gasteiger partial charge in [-0.25, -0.2) is 0 Å². The second-order valence-electron chi connectivity index (χ2n) is 5.80. The van der Waals surface area contributed by atoms with Gasteiger partial charge in [-0.05, 0) is 24.8 Å². The molecule has 2 bridgehead atoms. The lowest BCUT2D eigenvalue weighted by Gasteiger charge is -2.38. The Morgan fingerprint density at radius 3 is 2.75 bits per heavy atom. The van der Waals surface area contributed by atoms with E-state index in [0.29, 0.717) is 6.42 Å². The van der Waals surface area contributed by atoms with Crippen LogP contribution in [0, 0.1) is 5.92 Å². The van der Waals surface area contributed by atoms with Crippen LogP contribution in [0.4, 0.5) is 0 Å². The minimum Gasteiger partial charge on any atom is -0.469 e. The Morgan fingerprint density at radius 2 is 2.05 bits per heavy atom. The van der Waals surface area contributed by atoms with E-state index in [4.69, 9.17) is 4.74 Å². The number of methoxy groups -OCH3 is 1. The lowest BCUT2D eigenvalue weighted by Crippen LogP contribution is -2.47. The molecule has 1 aromatic rings. The summed E-state index contributed by atoms with van der Waals surface area (Å²) in [5.74, 6) is -0.226. The Labute approximate surface area is 119 Å². The van der Waals surface area contributed by atoms with E-state index in [2.05, 4.69) is 17.0 Å². The topological polar surface area (TPSA) is 49.8 Å². The normalized spacial score (nSPS) is 33.1. The quantitative estimate of drug-likeness (QED) is 0.851. The molecule has 3 rings (SSSR count). The van der Waals surface area contributed by atoms with Crippen LogP contribution in [0.3, 0.4) is 0 Å². The number of hydrogen-bond donors (Lipinski definition) is 1. The first-order chi connectivity index (χ1) is 9.70. The molecule has 0 unspecified atom stereocenters. The molecule has 0 saturated carbocycles. The molecule has 2 saturated heterocycles. The molecule has 2 aliphatic rings. The summed E-state index contributed by atoms with van der Waals surface area (Å²) in [4.78, 5) is 14.2. The van der Waals surface area contributed by atoms with Crippen LogP contribution in [0.5, 0.6) is 0 Å². The standard InChI is InChI=1S/C16H21NO3/c1-20-16(19)12-9-14-15(18)8-7-13(12)17(14)10-11-5-3-2-4-6-11/h2-6,12-15,18H,7-10H2,1H3/t12-,13+,14+,15+/m0/s1. The Balaban J connectivity index is 1.81. The van der Waals surface area contributed by atoms with Crippen LogP contribution in [0.1, 0.15) is 24.8 Å². The molecule has 0 aromatic heterocycles. The molecule has 4 atom stereocenters. The fourth-order valence-corrected chi connectivity index (χ4v) is 3.74. The minimum absolute atomic E-state index is 0.0815. The SMILES string of the molecule is COC(=O)[C@H]1C[C@@H]2[C@H](O)CC[C@H]1N2Cc1ccccc1. The van der Waals surface area contributed by atoms with Gasteiger partial charge in [0.1, 0.15) is 0 Å². The summed E-state index contributed by atoms with van der Waals surface area (Å²) in [7, 11) is 1.45. The lowest BCUT2D eigenvalue weighted by molar-refractivity contribution is -0.146. The second kappa shape index (κ2) is 5.54. The molecule has 0 aliphatic carbocycles. The zero-order valence-electron chi connectivity index (χ0n) is 11.7. The van der Waals surface area contributed by atoms with Crippen molar-refractivity contribution in [1.82, 2.24) is 4.90 Å². The van der Waals surface area contributed by atoms with Crippen LogP contribution in [0.2, 0.25) is 0 Å². The molecular weight excluding hydrogens is 254 g/mol. The largest absolute Gasteiger partial charge is 0.469 e. The molecule has 2 fully saturated rings. The Kier molecular flexibility index (Phi) is 3.76. The van der Waals surface area contributed by atoms with Gasteiger partial charge in [-0.15, -0.1) is 0 Å². The van der Waals surface area contributed by atoms with Gasteiger partial charge >= 0.3 is 5.97 Å². The molecule has 2 aliphatic heterocycles. The van der Waals surface area contributed by atoms with E-state index in [1.165, 1.54) is 12.7 Å². The summed E-state index contributed by atoms with van der Waals surface area (Å²) in [6.45, 7) is 0.792. The molecule has 20 heavy (non-hydrogen) atoms. The summed E-state index contributed by atoms with van der Waals surface area (Å²) >= 11 is 0. The highest BCUT2D eigenvalue weighted by atomic mass is 16.5. The molecule has 0 amide bonds. The van der Waals surface area contributed by atoms with Crippen molar-refractivity contribution in [2.45, 2.75) is 44.0 Å². The number of ether oxygens (including phenoxy) is 1. The molecular formula is C16H21NO3. The molecule has 4 nitrogen and oxygen atoms in total. The number of esters is 1. The predicted molar refractivity (Wildman–Crippen MR) is 74.9 cm³/mol. The Bertz CT molecular complexity index is 476. The molecule has 4 heteroatoms. The highest BCUT2D eigenvalue weighted by Gasteiger charge is 2.50. The molecule has 0 radical (unpaired) electrons. The second-order valence-corrected chi connectivity index (χ2v) is 5.80. The van der Waals surface area contributed by atoms with Gasteiger partial charge in [0.25, 0.3) is 0 Å². The maximum atomic E-state index is 11.9. The molecule has 2 heterocycles. The first-order valence-corrected chi connectivity index (χ1v) is 7.26. The zero-order valence-corrected chi connectivity index (χ0v) is 11.7. The van der Waals surface area contributed by atoms with Crippen molar-refractivity contribution >= 4 is 5.97 Å². The lowest BCUT2D eigenvalue weighted by atomic mass is 9.96. The smallest absolute Gasteiger partial charge is 0.310 e. The van der Waals surface area contributed by atoms with Crippen molar-refractivity contribution in [2.24, 2.45) is 5.92 Å². The summed E-state index contributed by atoms with van der Waals surface area (Å²) in [6.07, 6.45) is 2.04. The van der Waals surface area contributed by atoms with Crippen LogP contribution in [0.25, 0.3) is 0 Å². The number of nitrogens with zero attached hydrogens (tertiary/aromatic N) is 1. The maximum absolute atomic E-state index is 11.9. The van der Waals surface area contributed by atoms with Gasteiger partial charge in [-0.3, -0.25) is 9.69 Å².